The van der Waals surface area contributed by atoms with Gasteiger partial charge in [-0.2, -0.15) is 0 Å². The van der Waals surface area contributed by atoms with Crippen molar-refractivity contribution in [3.05, 3.63) is 58.8 Å². The Morgan fingerprint density at radius 1 is 0.758 bits per heavy atom. The number of rotatable bonds is 17. The summed E-state index contributed by atoms with van der Waals surface area (Å²) in [4.78, 5) is 57.0. The number of phenolic OH excluding ortho intramolecular Hbond substituents is 1. The first-order valence-electron chi connectivity index (χ1n) is 23.7. The molecular formula is C48H62InN7O10. The van der Waals surface area contributed by atoms with Gasteiger partial charge in [-0.05, 0) is 74.2 Å². The van der Waals surface area contributed by atoms with Gasteiger partial charge in [-0.15, -0.1) is 0 Å². The molecule has 4 heterocycles. The second-order valence-electron chi connectivity index (χ2n) is 19.4. The number of aryl methyl sites for hydroxylation is 1. The van der Waals surface area contributed by atoms with Gasteiger partial charge < -0.3 is 54.5 Å². The molecule has 6 aliphatic rings. The maximum absolute atomic E-state index is 13.3. The summed E-state index contributed by atoms with van der Waals surface area (Å²) in [6.45, 7) is 4.29. The molecule has 1 spiro atoms. The van der Waals surface area contributed by atoms with Crippen molar-refractivity contribution < 1.29 is 49.4 Å². The number of carbonyl (C=O) groups excluding carboxylic acids is 4. The van der Waals surface area contributed by atoms with E-state index in [1.165, 1.54) is 18.4 Å². The molecule has 2 aromatic carbocycles. The third kappa shape index (κ3) is 9.70. The minimum atomic E-state index is -1.28. The van der Waals surface area contributed by atoms with Crippen LogP contribution in [0.5, 0.6) is 11.5 Å². The number of phenols is 1. The van der Waals surface area contributed by atoms with E-state index in [1.807, 2.05) is 11.0 Å². The summed E-state index contributed by atoms with van der Waals surface area (Å²) in [5.74, 6) is -2.62. The van der Waals surface area contributed by atoms with Crippen molar-refractivity contribution in [2.45, 2.75) is 87.5 Å². The van der Waals surface area contributed by atoms with Gasteiger partial charge in [0.1, 0.15) is 0 Å². The molecule has 0 radical (unpaired) electrons. The second kappa shape index (κ2) is 20.4. The van der Waals surface area contributed by atoms with E-state index in [4.69, 9.17) is 4.74 Å². The monoisotopic (exact) mass is 1010 g/mol. The van der Waals surface area contributed by atoms with Crippen LogP contribution in [0.3, 0.4) is 0 Å². The maximum atomic E-state index is 13.3. The number of aliphatic carboxylic acids is 3. The number of nitrogens with zero attached hydrogens (tertiary/aromatic N) is 6. The van der Waals surface area contributed by atoms with Gasteiger partial charge in [0, 0.05) is 121 Å². The Labute approximate surface area is 404 Å². The van der Waals surface area contributed by atoms with E-state index >= 15 is 0 Å². The van der Waals surface area contributed by atoms with E-state index in [0.717, 1.165) is 85.9 Å². The number of hydrogen-bond donors (Lipinski definition) is 3. The number of carboxylic acids is 3. The average molecular weight is 1010 g/mol. The summed E-state index contributed by atoms with van der Waals surface area (Å²) in [5.41, 5.74) is 3.88. The molecule has 3 aliphatic carbocycles. The molecule has 2 bridgehead atoms. The number of aromatic hydroxyl groups is 1. The van der Waals surface area contributed by atoms with Crippen molar-refractivity contribution >= 4 is 60.6 Å². The predicted molar refractivity (Wildman–Crippen MR) is 238 cm³/mol. The summed E-state index contributed by atoms with van der Waals surface area (Å²) < 4.78 is 9.37. The van der Waals surface area contributed by atoms with Gasteiger partial charge in [0.15, 0.2) is 17.6 Å². The zero-order chi connectivity index (χ0) is 45.5. The van der Waals surface area contributed by atoms with Crippen molar-refractivity contribution in [1.82, 2.24) is 34.4 Å². The first kappa shape index (κ1) is 48.5. The Morgan fingerprint density at radius 2 is 1.35 bits per heavy atom. The van der Waals surface area contributed by atoms with Gasteiger partial charge in [0.05, 0.1) is 41.2 Å². The molecule has 4 atom stereocenters. The number of para-hydroxylation sites is 1. The fourth-order valence-electron chi connectivity index (χ4n) is 12.0. The van der Waals surface area contributed by atoms with Gasteiger partial charge >= 0.3 is 25.8 Å². The number of hydrogen-bond acceptors (Lipinski definition) is 15. The molecule has 0 unspecified atom stereocenters. The minimum Gasteiger partial charge on any atom is -0.549 e. The molecule has 1 amide bonds. The van der Waals surface area contributed by atoms with E-state index in [2.05, 4.69) is 39.0 Å². The van der Waals surface area contributed by atoms with Crippen LogP contribution < -0.4 is 25.4 Å². The van der Waals surface area contributed by atoms with Crippen LogP contribution in [0, 0.1) is 5.92 Å². The van der Waals surface area contributed by atoms with E-state index in [0.29, 0.717) is 37.7 Å². The van der Waals surface area contributed by atoms with E-state index in [1.54, 1.807) is 20.8 Å². The number of carboxylic acid groups (broad SMARTS) is 3. The quantitative estimate of drug-likeness (QED) is 0.122. The van der Waals surface area contributed by atoms with E-state index in [9.17, 15) is 44.7 Å². The molecule has 1 aromatic heterocycles. The summed E-state index contributed by atoms with van der Waals surface area (Å²) in [6.07, 6.45) is 7.61. The molecule has 2 saturated heterocycles. The third-order valence-corrected chi connectivity index (χ3v) is 15.3. The number of aliphatic hydroxyl groups is 1. The van der Waals surface area contributed by atoms with Gasteiger partial charge in [-0.3, -0.25) is 29.3 Å². The molecule has 352 valence electrons. The molecule has 3 N–H and O–H groups in total. The molecule has 3 aliphatic heterocycles. The standard InChI is InChI=1S/C48H65N7O10.In/c56-37-12-11-33-25-38-48(64)26-35-34-7-3-4-8-36(34)55(44(35)46-47(48,43(33)45(37)65-46)13-16-54(38)27-32-9-10-32)15-6-2-1-5-14-49-39(57)28-50-17-19-51(29-40(58)59)21-23-53(31-42(62)63)24-22-52(20-18-50)30-41(60)61;/h3-4,7-8,11-12,32,38,46,56,64H,1-2,5-6,9-10,13-31H2,(H,49,57)(H,58,59)(H,60,61)(H,62,63);/q;+3/p-3/t38-,46+,47+,48-;/m1./s1. The number of unbranched alkanes of at least 4 members (excludes halogenated alkanes) is 3. The van der Waals surface area contributed by atoms with Gasteiger partial charge in [0.25, 0.3) is 0 Å². The zero-order valence-electron chi connectivity index (χ0n) is 37.8. The van der Waals surface area contributed by atoms with Gasteiger partial charge in [-0.25, -0.2) is 0 Å². The van der Waals surface area contributed by atoms with Crippen molar-refractivity contribution in [2.24, 2.45) is 5.92 Å². The summed E-state index contributed by atoms with van der Waals surface area (Å²) in [5, 5.41) is 63.2. The van der Waals surface area contributed by atoms with Crippen molar-refractivity contribution in [1.29, 1.82) is 0 Å². The van der Waals surface area contributed by atoms with Crippen molar-refractivity contribution in [3.63, 3.8) is 0 Å². The molecule has 66 heavy (non-hydrogen) atoms. The fourth-order valence-corrected chi connectivity index (χ4v) is 12.0. The summed E-state index contributed by atoms with van der Waals surface area (Å²) in [7, 11) is 0. The number of carbonyl (C=O) groups is 4. The van der Waals surface area contributed by atoms with Gasteiger partial charge in [-0.1, -0.05) is 37.1 Å². The molecule has 1 saturated carbocycles. The number of piperidine rings is 1. The molecule has 3 fully saturated rings. The largest absolute Gasteiger partial charge is 3.00 e. The number of nitrogens with one attached hydrogen (secondary N) is 1. The molecule has 17 nitrogen and oxygen atoms in total. The van der Waals surface area contributed by atoms with Crippen LogP contribution in [0.1, 0.15) is 73.4 Å². The normalized spacial score (nSPS) is 26.0. The Morgan fingerprint density at radius 3 is 1.95 bits per heavy atom. The molecule has 9 rings (SSSR count). The van der Waals surface area contributed by atoms with Crippen LogP contribution in [0.15, 0.2) is 36.4 Å². The smallest absolute Gasteiger partial charge is 0.549 e. The fraction of sp³-hybridized carbons (Fsp3) is 0.625. The van der Waals surface area contributed by atoms with Gasteiger partial charge in [0.2, 0.25) is 5.91 Å². The first-order valence-corrected chi connectivity index (χ1v) is 23.7. The molecule has 3 aromatic rings. The maximum Gasteiger partial charge on any atom is 3.00 e. The Bertz CT molecular complexity index is 2260. The Balaban J connectivity index is 0.00000592. The number of likely N-dealkylation sites (tertiary alicyclic amines) is 1. The minimum absolute atomic E-state index is 0. The van der Waals surface area contributed by atoms with Crippen LogP contribution >= 0.6 is 0 Å². The Hall–Kier alpha value is -3.91. The summed E-state index contributed by atoms with van der Waals surface area (Å²) in [6, 6.07) is 12.2. The summed E-state index contributed by atoms with van der Waals surface area (Å²) >= 11 is 0. The average Bonchev–Trinajstić information content (AvgIpc) is 3.93. The SMILES string of the molecule is O=C([O-])CN1CCN(CC(=O)[O-])CCN(CC(=O)NCCCCCCn2c3c(c4ccccc42)C[C@@]2(O)[C@H]4Cc5ccc(O)c6c5[C@@]2(CCN4CC2CC2)[C@H]3O6)CCN(CC(=O)[O-])CC1.[In+3]. The van der Waals surface area contributed by atoms with Crippen LogP contribution in [-0.4, -0.2) is 199 Å². The first-order chi connectivity index (χ1) is 31.3. The van der Waals surface area contributed by atoms with Crippen LogP contribution in [0.2, 0.25) is 0 Å². The number of aromatic nitrogens is 1. The predicted octanol–water partition coefficient (Wildman–Crippen LogP) is -2.19. The number of benzene rings is 2. The molecular weight excluding hydrogens is 949 g/mol. The van der Waals surface area contributed by atoms with E-state index < -0.39 is 35.0 Å². The zero-order valence-corrected chi connectivity index (χ0v) is 41.1. The van der Waals surface area contributed by atoms with Crippen LogP contribution in [0.25, 0.3) is 10.9 Å². The van der Waals surface area contributed by atoms with Crippen LogP contribution in [-0.2, 0) is 44.0 Å². The number of amides is 1. The second-order valence-corrected chi connectivity index (χ2v) is 19.4. The van der Waals surface area contributed by atoms with Crippen molar-refractivity contribution in [3.8, 4) is 11.5 Å². The van der Waals surface area contributed by atoms with Crippen molar-refractivity contribution in [2.75, 3.05) is 98.2 Å². The topological polar surface area (TPSA) is 220 Å². The van der Waals surface area contributed by atoms with Crippen LogP contribution in [0.4, 0.5) is 0 Å². The number of ether oxygens (including phenoxy) is 1. The number of fused-ring (bicyclic) bond motifs is 4. The Kier molecular flexibility index (Phi) is 15.0. The third-order valence-electron chi connectivity index (χ3n) is 15.3. The van der Waals surface area contributed by atoms with E-state index in [-0.39, 0.29) is 109 Å². The molecule has 18 heteroatoms.